The Balaban J connectivity index is 3.41. The lowest BCUT2D eigenvalue weighted by atomic mass is 10.1. The molecule has 0 aliphatic carbocycles. The number of amides is 9. The molecule has 0 aromatic carbocycles. The van der Waals surface area contributed by atoms with Gasteiger partial charge in [-0.15, -0.1) is 0 Å². The Morgan fingerprint density at radius 3 is 1.90 bits per heavy atom. The van der Waals surface area contributed by atoms with E-state index in [0.717, 1.165) is 0 Å². The first-order chi connectivity index (χ1) is 36.7. The van der Waals surface area contributed by atoms with E-state index < -0.39 is 115 Å². The molecule has 27 N–H and O–H groups in total. The molecule has 31 nitrogen and oxygen atoms in total. The minimum absolute atomic E-state index is 0.0139. The predicted octanol–water partition coefficient (Wildman–Crippen LogP) is -7.77. The number of guanidine groups is 1. The van der Waals surface area contributed by atoms with E-state index in [0.29, 0.717) is 63.9 Å². The van der Waals surface area contributed by atoms with Crippen molar-refractivity contribution in [2.45, 2.75) is 133 Å². The summed E-state index contributed by atoms with van der Waals surface area (Å²) in [6.07, 6.45) is 4.02. The normalized spacial score (nSPS) is 14.2. The summed E-state index contributed by atoms with van der Waals surface area (Å²) in [5.74, 6) is -8.12. The van der Waals surface area contributed by atoms with Gasteiger partial charge in [0.2, 0.25) is 35.4 Å². The number of aliphatic hydroxyl groups excluding tert-OH is 2. The average Bonchev–Trinajstić information content (AvgIpc) is 3.92. The summed E-state index contributed by atoms with van der Waals surface area (Å²) in [4.78, 5) is 132. The molecule has 1 heterocycles. The van der Waals surface area contributed by atoms with E-state index in [4.69, 9.17) is 45.5 Å². The number of aromatic amines is 1. The number of hydrogen-bond acceptors (Lipinski definition) is 19. The predicted molar refractivity (Wildman–Crippen MR) is 284 cm³/mol. The largest absolute Gasteiger partial charge is 0.391 e. The zero-order chi connectivity index (χ0) is 57.7. The number of imidazole rings is 1. The van der Waals surface area contributed by atoms with Gasteiger partial charge in [-0.1, -0.05) is 6.08 Å². The van der Waals surface area contributed by atoms with Crippen molar-refractivity contribution in [2.75, 3.05) is 58.9 Å². The molecule has 77 heavy (non-hydrogen) atoms. The van der Waals surface area contributed by atoms with Gasteiger partial charge in [0, 0.05) is 44.5 Å². The molecule has 0 spiro atoms. The van der Waals surface area contributed by atoms with Crippen molar-refractivity contribution in [3.8, 4) is 0 Å². The highest BCUT2D eigenvalue weighted by Crippen LogP contribution is 2.09. The van der Waals surface area contributed by atoms with Crippen LogP contribution in [-0.4, -0.2) is 186 Å². The maximum atomic E-state index is 14.2. The summed E-state index contributed by atoms with van der Waals surface area (Å²) < 4.78 is 0. The van der Waals surface area contributed by atoms with Crippen molar-refractivity contribution >= 4 is 64.8 Å². The molecule has 0 unspecified atom stereocenters. The van der Waals surface area contributed by atoms with Crippen molar-refractivity contribution < 1.29 is 53.4 Å². The minimum Gasteiger partial charge on any atom is -0.391 e. The lowest BCUT2D eigenvalue weighted by Crippen LogP contribution is -2.57. The van der Waals surface area contributed by atoms with E-state index in [-0.39, 0.29) is 82.1 Å². The molecule has 0 aliphatic rings. The molecule has 1 rings (SSSR count). The summed E-state index contributed by atoms with van der Waals surface area (Å²) >= 11 is 0. The van der Waals surface area contributed by atoms with Crippen molar-refractivity contribution in [1.29, 1.82) is 5.41 Å². The standard InChI is InChI=1S/C46H84N20O11/c1-27(60-41(73)31(12-8-17-50)61-37(70)25-58-45(77)38(35(68)23-52)66-36(69)21-29(67)22-51)39(71)65-34(20-28-24-55-26-59-28)44(76)64-32(11-3-5-15-48)42(74)63-33(13-9-19-57-46(53)54)43(75)62-30(10-2-4-14-47)40(72)56-18-7-6-16-49/h13,24,26-27,29-30,32,34-35,38,67-68H,2-12,14-23,25,47-52H2,1H3,(H,55,59)(H,56,72)(H,58,77)(H,60,73)(H,62,75)(H,63,74)(H,64,76)(H,65,71)(H,66,69)(H4,53,54,57)/b33-13-,61-31+/t27-,29+,30-,32-,34-,35-,38-/m0/s1. The van der Waals surface area contributed by atoms with Crippen LogP contribution in [0.3, 0.4) is 0 Å². The molecule has 0 bridgehead atoms. The van der Waals surface area contributed by atoms with Crippen molar-refractivity contribution in [1.82, 2.24) is 57.8 Å². The molecule has 31 heteroatoms. The Kier molecular flexibility index (Phi) is 34.8. The van der Waals surface area contributed by atoms with Gasteiger partial charge in [0.25, 0.3) is 17.7 Å². The lowest BCUT2D eigenvalue weighted by molar-refractivity contribution is -0.133. The number of unbranched alkanes of at least 4 members (excludes halogenated alkanes) is 3. The van der Waals surface area contributed by atoms with E-state index in [9.17, 15) is 53.4 Å². The number of nitrogens with one attached hydrogen (secondary N) is 11. The fraction of sp³-hybridized carbons (Fsp3) is 0.652. The van der Waals surface area contributed by atoms with Gasteiger partial charge in [-0.2, -0.15) is 0 Å². The third kappa shape index (κ3) is 28.6. The second kappa shape index (κ2) is 39.4. The monoisotopic (exact) mass is 1090 g/mol. The number of carbonyl (C=O) groups is 9. The lowest BCUT2D eigenvalue weighted by Gasteiger charge is -2.25. The number of H-pyrrole nitrogens is 1. The van der Waals surface area contributed by atoms with E-state index in [1.807, 2.05) is 0 Å². The molecular weight excluding hydrogens is 1010 g/mol. The number of nitrogens with zero attached hydrogens (tertiary/aromatic N) is 2. The fourth-order valence-electron chi connectivity index (χ4n) is 6.90. The van der Waals surface area contributed by atoms with Crippen LogP contribution in [0.2, 0.25) is 0 Å². The number of aromatic nitrogens is 2. The van der Waals surface area contributed by atoms with Crippen LogP contribution in [0.5, 0.6) is 0 Å². The fourth-order valence-corrected chi connectivity index (χ4v) is 6.90. The van der Waals surface area contributed by atoms with Crippen LogP contribution in [0, 0.1) is 5.41 Å². The molecule has 0 saturated carbocycles. The molecule has 0 fully saturated rings. The maximum absolute atomic E-state index is 14.2. The van der Waals surface area contributed by atoms with Crippen LogP contribution in [0.4, 0.5) is 0 Å². The number of aliphatic hydroxyl groups is 2. The van der Waals surface area contributed by atoms with Crippen LogP contribution in [0.15, 0.2) is 29.3 Å². The first kappa shape index (κ1) is 68.0. The van der Waals surface area contributed by atoms with E-state index in [1.54, 1.807) is 0 Å². The van der Waals surface area contributed by atoms with Crippen molar-refractivity contribution in [2.24, 2.45) is 45.1 Å². The van der Waals surface area contributed by atoms with Crippen LogP contribution in [0.25, 0.3) is 0 Å². The molecule has 1 aromatic heterocycles. The molecule has 0 saturated heterocycles. The highest BCUT2D eigenvalue weighted by Gasteiger charge is 2.32. The smallest absolute Gasteiger partial charge is 0.268 e. The summed E-state index contributed by atoms with van der Waals surface area (Å²) in [6.45, 7) is 1.25. The summed E-state index contributed by atoms with van der Waals surface area (Å²) in [6, 6.07) is -6.80. The molecule has 0 radical (unpaired) electrons. The average molecular weight is 1090 g/mol. The van der Waals surface area contributed by atoms with Gasteiger partial charge in [0.1, 0.15) is 41.6 Å². The Morgan fingerprint density at radius 2 is 1.31 bits per heavy atom. The van der Waals surface area contributed by atoms with Gasteiger partial charge in [-0.05, 0) is 104 Å². The van der Waals surface area contributed by atoms with Gasteiger partial charge in [0.15, 0.2) is 5.96 Å². The maximum Gasteiger partial charge on any atom is 0.268 e. The third-order valence-electron chi connectivity index (χ3n) is 11.2. The topological polar surface area (TPSA) is 549 Å². The van der Waals surface area contributed by atoms with Crippen LogP contribution in [-0.2, 0) is 49.6 Å². The van der Waals surface area contributed by atoms with Crippen LogP contribution in [0.1, 0.15) is 89.7 Å². The molecule has 0 aliphatic heterocycles. The Hall–Kier alpha value is -7.00. The van der Waals surface area contributed by atoms with E-state index in [2.05, 4.69) is 62.8 Å². The Morgan fingerprint density at radius 1 is 0.688 bits per heavy atom. The van der Waals surface area contributed by atoms with Gasteiger partial charge in [0.05, 0.1) is 31.5 Å². The SMILES string of the molecule is C[C@H](NC(=O)/C(CCCN)=N/C(=O)CNC(=O)[C@@H](NC(=O)C[C@@H](O)CN)[C@@H](O)CN)C(=O)N[C@@H](Cc1cnc[nH]1)C(=O)N[C@@H](CCCCN)C(=O)N/C(=C\CCNC(=N)N)C(=O)N[C@@H](CCCCN)C(=O)NCCCCN. The summed E-state index contributed by atoms with van der Waals surface area (Å²) in [5.41, 5.74) is 38.7. The van der Waals surface area contributed by atoms with Gasteiger partial charge >= 0.3 is 0 Å². The number of nitrogens with two attached hydrogens (primary N) is 7. The summed E-state index contributed by atoms with van der Waals surface area (Å²) in [5, 5.41) is 50.2. The number of rotatable bonds is 40. The minimum atomic E-state index is -1.64. The van der Waals surface area contributed by atoms with Crippen molar-refractivity contribution in [3.63, 3.8) is 0 Å². The highest BCUT2D eigenvalue weighted by atomic mass is 16.3. The second-order valence-electron chi connectivity index (χ2n) is 17.7. The third-order valence-corrected chi connectivity index (χ3v) is 11.2. The summed E-state index contributed by atoms with van der Waals surface area (Å²) in [7, 11) is 0. The Bertz CT molecular complexity index is 2090. The first-order valence-electron chi connectivity index (χ1n) is 25.6. The highest BCUT2D eigenvalue weighted by molar-refractivity contribution is 6.40. The number of carbonyl (C=O) groups excluding carboxylic acids is 9. The van der Waals surface area contributed by atoms with E-state index >= 15 is 0 Å². The molecule has 434 valence electrons. The van der Waals surface area contributed by atoms with Crippen molar-refractivity contribution in [3.05, 3.63) is 30.0 Å². The molecule has 7 atom stereocenters. The zero-order valence-corrected chi connectivity index (χ0v) is 43.8. The molecule has 1 aromatic rings. The first-order valence-corrected chi connectivity index (χ1v) is 25.6. The molecular formula is C46H84N20O11. The van der Waals surface area contributed by atoms with E-state index in [1.165, 1.54) is 25.5 Å². The Labute approximate surface area is 447 Å². The van der Waals surface area contributed by atoms with Crippen LogP contribution >= 0.6 is 0 Å². The second-order valence-corrected chi connectivity index (χ2v) is 17.7. The quantitative estimate of drug-likeness (QED) is 0.0126. The number of aliphatic imine (C=N–C) groups is 1. The zero-order valence-electron chi connectivity index (χ0n) is 43.8. The molecule has 9 amide bonds. The number of hydrogen-bond donors (Lipinski definition) is 20. The van der Waals surface area contributed by atoms with Gasteiger partial charge in [-0.25, -0.2) is 9.98 Å². The van der Waals surface area contributed by atoms with Crippen LogP contribution < -0.4 is 88.0 Å². The van der Waals surface area contributed by atoms with Gasteiger partial charge in [-0.3, -0.25) is 48.6 Å². The van der Waals surface area contributed by atoms with Gasteiger partial charge < -0.3 is 103 Å².